The Kier molecular flexibility index (Phi) is 6.71. The van der Waals surface area contributed by atoms with E-state index < -0.39 is 11.7 Å². The van der Waals surface area contributed by atoms with Crippen LogP contribution in [0.25, 0.3) is 10.1 Å². The molecule has 3 nitrogen and oxygen atoms in total. The topological polar surface area (TPSA) is 32.5 Å². The summed E-state index contributed by atoms with van der Waals surface area (Å²) in [5.41, 5.74) is 5.66. The number of benzene rings is 1. The van der Waals surface area contributed by atoms with Gasteiger partial charge in [-0.25, -0.2) is 0 Å². The first-order chi connectivity index (χ1) is 11.7. The van der Waals surface area contributed by atoms with Crippen LogP contribution in [0.5, 0.6) is 0 Å². The van der Waals surface area contributed by atoms with Crippen LogP contribution in [0.15, 0.2) is 23.6 Å². The van der Waals surface area contributed by atoms with Gasteiger partial charge in [-0.3, -0.25) is 0 Å². The molecule has 25 heavy (non-hydrogen) atoms. The molecule has 1 saturated heterocycles. The molecule has 0 saturated carbocycles. The number of nitrogens with two attached hydrogens (primary N) is 1. The van der Waals surface area contributed by atoms with Crippen LogP contribution < -0.4 is 10.6 Å². The van der Waals surface area contributed by atoms with E-state index >= 15 is 0 Å². The van der Waals surface area contributed by atoms with Gasteiger partial charge in [0.15, 0.2) is 0 Å². The number of alkyl halides is 3. The lowest BCUT2D eigenvalue weighted by molar-refractivity contribution is -0.137. The second-order valence-corrected chi connectivity index (χ2v) is 7.66. The van der Waals surface area contributed by atoms with Crippen LogP contribution in [0.2, 0.25) is 0 Å². The Balaban J connectivity index is 0.000000399. The van der Waals surface area contributed by atoms with Gasteiger partial charge in [-0.1, -0.05) is 19.9 Å². The number of nitrogens with zero attached hydrogens (tertiary/aromatic N) is 2. The van der Waals surface area contributed by atoms with Crippen molar-refractivity contribution < 1.29 is 13.2 Å². The van der Waals surface area contributed by atoms with E-state index in [2.05, 4.69) is 30.7 Å². The summed E-state index contributed by atoms with van der Waals surface area (Å²) in [6, 6.07) is 4.02. The molecule has 0 spiro atoms. The molecule has 1 aromatic heterocycles. The first-order valence-corrected chi connectivity index (χ1v) is 9.32. The van der Waals surface area contributed by atoms with E-state index in [0.717, 1.165) is 43.8 Å². The normalized spacial score (nSPS) is 16.2. The summed E-state index contributed by atoms with van der Waals surface area (Å²) in [4.78, 5) is 4.51. The maximum atomic E-state index is 12.7. The van der Waals surface area contributed by atoms with Crippen LogP contribution in [0.4, 0.5) is 18.9 Å². The highest BCUT2D eigenvalue weighted by Gasteiger charge is 2.31. The van der Waals surface area contributed by atoms with Crippen LogP contribution in [0.1, 0.15) is 19.4 Å². The Morgan fingerprint density at radius 3 is 2.28 bits per heavy atom. The number of thiophene rings is 1. The SMILES string of the molecule is CC(C)CN.CN1CCN(c2csc3cc(C(F)(F)F)ccc23)CC1. The molecule has 7 heteroatoms. The van der Waals surface area contributed by atoms with E-state index in [9.17, 15) is 13.2 Å². The number of piperazine rings is 1. The van der Waals surface area contributed by atoms with E-state index in [4.69, 9.17) is 5.73 Å². The molecule has 0 amide bonds. The zero-order valence-electron chi connectivity index (χ0n) is 14.9. The highest BCUT2D eigenvalue weighted by Crippen LogP contribution is 2.38. The zero-order valence-corrected chi connectivity index (χ0v) is 15.8. The summed E-state index contributed by atoms with van der Waals surface area (Å²) in [6.45, 7) is 8.81. The van der Waals surface area contributed by atoms with Gasteiger partial charge in [-0.15, -0.1) is 11.3 Å². The summed E-state index contributed by atoms with van der Waals surface area (Å²) >= 11 is 1.38. The quantitative estimate of drug-likeness (QED) is 0.853. The number of rotatable bonds is 2. The third kappa shape index (κ3) is 5.33. The van der Waals surface area contributed by atoms with Gasteiger partial charge in [0, 0.05) is 41.6 Å². The number of hydrogen-bond acceptors (Lipinski definition) is 4. The molecular formula is C18H26F3N3S. The number of anilines is 1. The van der Waals surface area contributed by atoms with Crippen molar-refractivity contribution in [2.45, 2.75) is 20.0 Å². The lowest BCUT2D eigenvalue weighted by Gasteiger charge is -2.33. The molecule has 0 bridgehead atoms. The third-order valence-electron chi connectivity index (χ3n) is 4.20. The molecule has 0 radical (unpaired) electrons. The van der Waals surface area contributed by atoms with Gasteiger partial charge >= 0.3 is 6.18 Å². The molecule has 0 unspecified atom stereocenters. The lowest BCUT2D eigenvalue weighted by atomic mass is 10.1. The van der Waals surface area contributed by atoms with E-state index in [1.54, 1.807) is 6.07 Å². The molecule has 2 N–H and O–H groups in total. The second-order valence-electron chi connectivity index (χ2n) is 6.75. The van der Waals surface area contributed by atoms with Crippen molar-refractivity contribution in [1.29, 1.82) is 0 Å². The maximum absolute atomic E-state index is 12.7. The van der Waals surface area contributed by atoms with E-state index in [1.807, 2.05) is 5.38 Å². The third-order valence-corrected chi connectivity index (χ3v) is 5.13. The van der Waals surface area contributed by atoms with Gasteiger partial charge in [-0.2, -0.15) is 13.2 Å². The van der Waals surface area contributed by atoms with Crippen LogP contribution in [0, 0.1) is 5.92 Å². The standard InChI is InChI=1S/C14H15F3N2S.C4H11N/c1-18-4-6-19(7-5-18)12-9-20-13-8-10(14(15,16)17)2-3-11(12)13;1-4(2)3-5/h2-3,8-9H,4-7H2,1H3;4H,3,5H2,1-2H3. The van der Waals surface area contributed by atoms with Crippen molar-refractivity contribution in [2.24, 2.45) is 11.7 Å². The monoisotopic (exact) mass is 373 g/mol. The van der Waals surface area contributed by atoms with Crippen molar-refractivity contribution in [2.75, 3.05) is 44.7 Å². The van der Waals surface area contributed by atoms with Crippen molar-refractivity contribution in [1.82, 2.24) is 4.90 Å². The van der Waals surface area contributed by atoms with Gasteiger partial charge in [-0.05, 0) is 31.6 Å². The largest absolute Gasteiger partial charge is 0.416 e. The summed E-state index contributed by atoms with van der Waals surface area (Å²) < 4.78 is 38.8. The number of halogens is 3. The minimum atomic E-state index is -4.27. The highest BCUT2D eigenvalue weighted by molar-refractivity contribution is 7.17. The van der Waals surface area contributed by atoms with E-state index in [0.29, 0.717) is 10.6 Å². The molecule has 2 heterocycles. The zero-order chi connectivity index (χ0) is 18.6. The summed E-state index contributed by atoms with van der Waals surface area (Å²) in [7, 11) is 2.08. The maximum Gasteiger partial charge on any atom is 0.416 e. The molecule has 2 aromatic rings. The Morgan fingerprint density at radius 1 is 1.16 bits per heavy atom. The van der Waals surface area contributed by atoms with Crippen LogP contribution in [-0.4, -0.2) is 44.7 Å². The van der Waals surface area contributed by atoms with Crippen LogP contribution in [-0.2, 0) is 6.18 Å². The summed E-state index contributed by atoms with van der Waals surface area (Å²) in [6.07, 6.45) is -4.27. The lowest BCUT2D eigenvalue weighted by Crippen LogP contribution is -2.44. The average Bonchev–Trinajstić information content (AvgIpc) is 2.98. The number of likely N-dealkylation sites (N-methyl/N-ethyl adjacent to an activating group) is 1. The van der Waals surface area contributed by atoms with E-state index in [1.165, 1.54) is 23.5 Å². The van der Waals surface area contributed by atoms with Crippen molar-refractivity contribution in [3.8, 4) is 0 Å². The first kappa shape index (κ1) is 20.0. The predicted octanol–water partition coefficient (Wildman–Crippen LogP) is 4.27. The molecule has 1 aliphatic heterocycles. The van der Waals surface area contributed by atoms with Crippen molar-refractivity contribution in [3.05, 3.63) is 29.1 Å². The smallest absolute Gasteiger partial charge is 0.368 e. The molecule has 3 rings (SSSR count). The second kappa shape index (κ2) is 8.38. The molecule has 0 aliphatic carbocycles. The molecule has 1 aromatic carbocycles. The highest BCUT2D eigenvalue weighted by atomic mass is 32.1. The first-order valence-electron chi connectivity index (χ1n) is 8.44. The van der Waals surface area contributed by atoms with Gasteiger partial charge in [0.2, 0.25) is 0 Å². The van der Waals surface area contributed by atoms with Gasteiger partial charge in [0.05, 0.1) is 11.3 Å². The van der Waals surface area contributed by atoms with Gasteiger partial charge < -0.3 is 15.5 Å². The fourth-order valence-electron chi connectivity index (χ4n) is 2.48. The molecular weight excluding hydrogens is 347 g/mol. The van der Waals surface area contributed by atoms with Crippen molar-refractivity contribution >= 4 is 27.1 Å². The Hall–Kier alpha value is -1.31. The molecule has 1 aliphatic rings. The Labute approximate surface area is 151 Å². The minimum absolute atomic E-state index is 0.572. The van der Waals surface area contributed by atoms with E-state index in [-0.39, 0.29) is 0 Å². The minimum Gasteiger partial charge on any atom is -0.368 e. The van der Waals surface area contributed by atoms with Gasteiger partial charge in [0.1, 0.15) is 0 Å². The van der Waals surface area contributed by atoms with Gasteiger partial charge in [0.25, 0.3) is 0 Å². The molecule has 140 valence electrons. The summed E-state index contributed by atoms with van der Waals surface area (Å²) in [5, 5.41) is 2.89. The number of hydrogen-bond donors (Lipinski definition) is 1. The molecule has 0 atom stereocenters. The predicted molar refractivity (Wildman–Crippen MR) is 100 cm³/mol. The fraction of sp³-hybridized carbons (Fsp3) is 0.556. The van der Waals surface area contributed by atoms with Crippen LogP contribution in [0.3, 0.4) is 0 Å². The van der Waals surface area contributed by atoms with Crippen molar-refractivity contribution in [3.63, 3.8) is 0 Å². The van der Waals surface area contributed by atoms with Crippen LogP contribution >= 0.6 is 11.3 Å². The number of fused-ring (bicyclic) bond motifs is 1. The average molecular weight is 373 g/mol. The molecule has 1 fully saturated rings. The summed E-state index contributed by atoms with van der Waals surface area (Å²) in [5.74, 6) is 0.662. The Morgan fingerprint density at radius 2 is 1.76 bits per heavy atom. The Bertz CT molecular complexity index is 674. The fourth-order valence-corrected chi connectivity index (χ4v) is 3.49.